The molecule has 1 aromatic carbocycles. The van der Waals surface area contributed by atoms with Crippen LogP contribution < -0.4 is 10.5 Å². The van der Waals surface area contributed by atoms with Gasteiger partial charge >= 0.3 is 0 Å². The molecule has 0 bridgehead atoms. The first-order chi connectivity index (χ1) is 13.3. The number of hydrogen-bond acceptors (Lipinski definition) is 6. The van der Waals surface area contributed by atoms with E-state index in [-0.39, 0.29) is 0 Å². The molecule has 27 heavy (non-hydrogen) atoms. The number of allylic oxidation sites excluding steroid dienone is 1. The predicted molar refractivity (Wildman–Crippen MR) is 107 cm³/mol. The van der Waals surface area contributed by atoms with Gasteiger partial charge in [0, 0.05) is 25.0 Å². The van der Waals surface area contributed by atoms with Gasteiger partial charge < -0.3 is 10.5 Å². The third kappa shape index (κ3) is 5.22. The molecule has 3 aromatic rings. The van der Waals surface area contributed by atoms with E-state index in [1.165, 1.54) is 5.56 Å². The van der Waals surface area contributed by atoms with E-state index in [1.807, 2.05) is 30.3 Å². The number of aromatic nitrogens is 3. The third-order valence-electron chi connectivity index (χ3n) is 3.84. The summed E-state index contributed by atoms with van der Waals surface area (Å²) in [6, 6.07) is 17.4. The molecule has 0 unspecified atom stereocenters. The summed E-state index contributed by atoms with van der Waals surface area (Å²) >= 11 is 0. The summed E-state index contributed by atoms with van der Waals surface area (Å²) < 4.78 is 5.16. The number of benzene rings is 1. The third-order valence-corrected chi connectivity index (χ3v) is 3.84. The zero-order valence-corrected chi connectivity index (χ0v) is 15.1. The van der Waals surface area contributed by atoms with Crippen LogP contribution in [0.5, 0.6) is 5.88 Å². The van der Waals surface area contributed by atoms with Gasteiger partial charge in [0.05, 0.1) is 18.5 Å². The summed E-state index contributed by atoms with van der Waals surface area (Å²) in [4.78, 5) is 17.6. The van der Waals surface area contributed by atoms with Gasteiger partial charge in [-0.15, -0.1) is 0 Å². The van der Waals surface area contributed by atoms with E-state index >= 15 is 0 Å². The van der Waals surface area contributed by atoms with E-state index in [1.54, 1.807) is 37.7 Å². The van der Waals surface area contributed by atoms with Crippen molar-refractivity contribution in [1.82, 2.24) is 15.0 Å². The van der Waals surface area contributed by atoms with E-state index in [4.69, 9.17) is 10.5 Å². The maximum Gasteiger partial charge on any atom is 0.213 e. The van der Waals surface area contributed by atoms with Crippen molar-refractivity contribution in [2.24, 2.45) is 10.7 Å². The smallest absolute Gasteiger partial charge is 0.213 e. The van der Waals surface area contributed by atoms with Gasteiger partial charge in [0.1, 0.15) is 5.71 Å². The first-order valence-corrected chi connectivity index (χ1v) is 8.60. The molecule has 0 radical (unpaired) electrons. The summed E-state index contributed by atoms with van der Waals surface area (Å²) in [7, 11) is 1.57. The minimum atomic E-state index is 0.472. The van der Waals surface area contributed by atoms with E-state index in [9.17, 15) is 0 Å². The number of methoxy groups -OCH3 is 1. The van der Waals surface area contributed by atoms with Crippen LogP contribution in [0.15, 0.2) is 78.1 Å². The minimum absolute atomic E-state index is 0.472. The summed E-state index contributed by atoms with van der Waals surface area (Å²) in [6.45, 7) is 0.604. The van der Waals surface area contributed by atoms with Gasteiger partial charge in [-0.2, -0.15) is 0 Å². The zero-order valence-electron chi connectivity index (χ0n) is 15.1. The zero-order chi connectivity index (χ0) is 18.9. The highest BCUT2D eigenvalue weighted by Gasteiger charge is 2.07. The molecule has 0 aliphatic carbocycles. The van der Waals surface area contributed by atoms with Crippen LogP contribution in [0.2, 0.25) is 0 Å². The monoisotopic (exact) mass is 359 g/mol. The minimum Gasteiger partial charge on any atom is -0.481 e. The molecule has 0 amide bonds. The Bertz CT molecular complexity index is 924. The van der Waals surface area contributed by atoms with Gasteiger partial charge in [0.2, 0.25) is 5.88 Å². The Morgan fingerprint density at radius 1 is 1.04 bits per heavy atom. The Morgan fingerprint density at radius 3 is 2.56 bits per heavy atom. The lowest BCUT2D eigenvalue weighted by Gasteiger charge is -2.06. The highest BCUT2D eigenvalue weighted by Crippen LogP contribution is 2.12. The summed E-state index contributed by atoms with van der Waals surface area (Å²) in [5.41, 5.74) is 9.17. The highest BCUT2D eigenvalue weighted by molar-refractivity contribution is 6.09. The van der Waals surface area contributed by atoms with E-state index < -0.39 is 0 Å². The van der Waals surface area contributed by atoms with Crippen LogP contribution in [0.25, 0.3) is 5.70 Å². The van der Waals surface area contributed by atoms with Gasteiger partial charge in [-0.25, -0.2) is 15.0 Å². The standard InChI is InChI=1S/C21H21N5O/c1-27-20-10-5-9-18(26-20)17(22)15-19(21-24-12-6-13-25-21)23-14-11-16-7-3-2-4-8-16/h2-10,12-13,15H,11,14,22H2,1H3. The summed E-state index contributed by atoms with van der Waals surface area (Å²) in [5, 5.41) is 0. The van der Waals surface area contributed by atoms with Crippen molar-refractivity contribution < 1.29 is 4.74 Å². The second-order valence-electron chi connectivity index (χ2n) is 5.74. The van der Waals surface area contributed by atoms with Gasteiger partial charge in [-0.1, -0.05) is 36.4 Å². The lowest BCUT2D eigenvalue weighted by molar-refractivity contribution is 0.397. The number of rotatable bonds is 7. The summed E-state index contributed by atoms with van der Waals surface area (Å²) in [6.07, 6.45) is 5.94. The molecule has 6 heteroatoms. The molecule has 2 aromatic heterocycles. The fourth-order valence-corrected chi connectivity index (χ4v) is 2.47. The molecular weight excluding hydrogens is 338 g/mol. The SMILES string of the molecule is COc1cccc(C(N)=CC(=NCCc2ccccc2)c2ncccn2)n1. The van der Waals surface area contributed by atoms with Gasteiger partial charge in [0.25, 0.3) is 0 Å². The number of nitrogens with two attached hydrogens (primary N) is 1. The van der Waals surface area contributed by atoms with Crippen molar-refractivity contribution >= 4 is 11.4 Å². The molecule has 2 heterocycles. The average molecular weight is 359 g/mol. The predicted octanol–water partition coefficient (Wildman–Crippen LogP) is 2.91. The van der Waals surface area contributed by atoms with Crippen LogP contribution >= 0.6 is 0 Å². The fraction of sp³-hybridized carbons (Fsp3) is 0.143. The largest absolute Gasteiger partial charge is 0.481 e. The van der Waals surface area contributed by atoms with Gasteiger partial charge in [-0.3, -0.25) is 4.99 Å². The lowest BCUT2D eigenvalue weighted by Crippen LogP contribution is -2.09. The molecule has 0 spiro atoms. The Kier molecular flexibility index (Phi) is 6.25. The van der Waals surface area contributed by atoms with Crippen LogP contribution in [0.3, 0.4) is 0 Å². The average Bonchev–Trinajstić information content (AvgIpc) is 2.74. The van der Waals surface area contributed by atoms with Gasteiger partial charge in [0.15, 0.2) is 5.82 Å². The molecule has 0 aliphatic rings. The Hall–Kier alpha value is -3.54. The maximum absolute atomic E-state index is 6.25. The molecule has 0 aliphatic heterocycles. The molecule has 6 nitrogen and oxygen atoms in total. The Morgan fingerprint density at radius 2 is 1.81 bits per heavy atom. The summed E-state index contributed by atoms with van der Waals surface area (Å²) in [5.74, 6) is 1.03. The Balaban J connectivity index is 1.86. The quantitative estimate of drug-likeness (QED) is 0.656. The van der Waals surface area contributed by atoms with E-state index in [0.29, 0.717) is 35.4 Å². The fourth-order valence-electron chi connectivity index (χ4n) is 2.47. The number of pyridine rings is 1. The van der Waals surface area contributed by atoms with Crippen LogP contribution in [0, 0.1) is 0 Å². The van der Waals surface area contributed by atoms with Crippen molar-refractivity contribution in [3.63, 3.8) is 0 Å². The van der Waals surface area contributed by atoms with Gasteiger partial charge in [-0.05, 0) is 30.2 Å². The molecule has 0 fully saturated rings. The van der Waals surface area contributed by atoms with Crippen molar-refractivity contribution in [1.29, 1.82) is 0 Å². The first-order valence-electron chi connectivity index (χ1n) is 8.60. The van der Waals surface area contributed by atoms with Crippen LogP contribution in [-0.2, 0) is 6.42 Å². The van der Waals surface area contributed by atoms with E-state index in [2.05, 4.69) is 32.1 Å². The van der Waals surface area contributed by atoms with E-state index in [0.717, 1.165) is 6.42 Å². The highest BCUT2D eigenvalue weighted by atomic mass is 16.5. The first kappa shape index (κ1) is 18.3. The molecular formula is C21H21N5O. The van der Waals surface area contributed by atoms with Crippen molar-refractivity contribution in [3.8, 4) is 5.88 Å². The number of aliphatic imine (C=N–C) groups is 1. The number of hydrogen-bond donors (Lipinski definition) is 1. The Labute approximate surface area is 158 Å². The maximum atomic E-state index is 6.25. The lowest BCUT2D eigenvalue weighted by atomic mass is 10.1. The molecule has 2 N–H and O–H groups in total. The normalized spacial score (nSPS) is 12.0. The van der Waals surface area contributed by atoms with Crippen molar-refractivity contribution in [2.45, 2.75) is 6.42 Å². The molecule has 3 rings (SSSR count). The van der Waals surface area contributed by atoms with Crippen molar-refractivity contribution in [2.75, 3.05) is 13.7 Å². The molecule has 0 saturated carbocycles. The number of nitrogens with zero attached hydrogens (tertiary/aromatic N) is 4. The van der Waals surface area contributed by atoms with Crippen LogP contribution in [0.4, 0.5) is 0 Å². The number of ether oxygens (including phenoxy) is 1. The molecule has 0 atom stereocenters. The second kappa shape index (κ2) is 9.24. The second-order valence-corrected chi connectivity index (χ2v) is 5.74. The van der Waals surface area contributed by atoms with Crippen LogP contribution in [0.1, 0.15) is 17.1 Å². The van der Waals surface area contributed by atoms with Crippen molar-refractivity contribution in [3.05, 3.63) is 90.1 Å². The topological polar surface area (TPSA) is 86.3 Å². The molecule has 136 valence electrons. The molecule has 0 saturated heterocycles. The van der Waals surface area contributed by atoms with Crippen LogP contribution in [-0.4, -0.2) is 34.3 Å².